The molecule has 2 unspecified atom stereocenters. The van der Waals surface area contributed by atoms with E-state index in [2.05, 4.69) is 15.6 Å². The summed E-state index contributed by atoms with van der Waals surface area (Å²) in [6, 6.07) is 5.86. The molecule has 27 heavy (non-hydrogen) atoms. The zero-order valence-corrected chi connectivity index (χ0v) is 17.0. The van der Waals surface area contributed by atoms with Crippen molar-refractivity contribution in [2.45, 2.75) is 50.6 Å². The van der Waals surface area contributed by atoms with Crippen LogP contribution in [-0.4, -0.2) is 34.1 Å². The Morgan fingerprint density at radius 3 is 2.70 bits per heavy atom. The average molecular weight is 417 g/mol. The maximum atomic E-state index is 13.4. The second-order valence-electron chi connectivity index (χ2n) is 7.50. The summed E-state index contributed by atoms with van der Waals surface area (Å²) < 4.78 is 15.3. The van der Waals surface area contributed by atoms with E-state index in [9.17, 15) is 9.18 Å². The van der Waals surface area contributed by atoms with Crippen LogP contribution in [0.2, 0.25) is 0 Å². The van der Waals surface area contributed by atoms with Gasteiger partial charge in [0.2, 0.25) is 5.91 Å². The Morgan fingerprint density at radius 2 is 2.00 bits per heavy atom. The number of imidazole rings is 1. The SMILES string of the molecule is Cl.Cl.Cn1c(CCNC(=O)CC2CC3CCC(C2)N3)nc2ccc(F)cc21. The third-order valence-electron chi connectivity index (χ3n) is 5.65. The topological polar surface area (TPSA) is 59.0 Å². The number of carbonyl (C=O) groups is 1. The van der Waals surface area contributed by atoms with Gasteiger partial charge in [-0.05, 0) is 49.8 Å². The molecule has 2 aliphatic rings. The molecule has 2 aromatic rings. The molecule has 1 aromatic heterocycles. The minimum atomic E-state index is -0.258. The molecular formula is C19H27Cl2FN4O. The van der Waals surface area contributed by atoms with Crippen molar-refractivity contribution < 1.29 is 9.18 Å². The van der Waals surface area contributed by atoms with E-state index in [1.165, 1.54) is 25.0 Å². The first-order valence-electron chi connectivity index (χ1n) is 9.22. The Kier molecular flexibility index (Phi) is 7.48. The Bertz CT molecular complexity index is 785. The lowest BCUT2D eigenvalue weighted by atomic mass is 9.89. The number of fused-ring (bicyclic) bond motifs is 3. The Morgan fingerprint density at radius 1 is 1.30 bits per heavy atom. The van der Waals surface area contributed by atoms with Gasteiger partial charge >= 0.3 is 0 Å². The number of rotatable bonds is 5. The number of nitrogens with one attached hydrogen (secondary N) is 2. The summed E-state index contributed by atoms with van der Waals surface area (Å²) in [5.74, 6) is 1.25. The lowest BCUT2D eigenvalue weighted by molar-refractivity contribution is -0.122. The van der Waals surface area contributed by atoms with Crippen LogP contribution >= 0.6 is 24.8 Å². The second kappa shape index (κ2) is 9.22. The fourth-order valence-electron chi connectivity index (χ4n) is 4.43. The van der Waals surface area contributed by atoms with Crippen LogP contribution in [0.15, 0.2) is 18.2 Å². The van der Waals surface area contributed by atoms with Gasteiger partial charge < -0.3 is 15.2 Å². The molecule has 0 aliphatic carbocycles. The summed E-state index contributed by atoms with van der Waals surface area (Å²) in [6.45, 7) is 0.566. The van der Waals surface area contributed by atoms with E-state index in [1.807, 2.05) is 11.6 Å². The number of carbonyl (C=O) groups excluding carboxylic acids is 1. The number of hydrogen-bond donors (Lipinski definition) is 2. The van der Waals surface area contributed by atoms with Gasteiger partial charge in [-0.3, -0.25) is 4.79 Å². The molecule has 0 spiro atoms. The van der Waals surface area contributed by atoms with Crippen molar-refractivity contribution in [1.29, 1.82) is 0 Å². The monoisotopic (exact) mass is 416 g/mol. The van der Waals surface area contributed by atoms with Crippen molar-refractivity contribution >= 4 is 41.8 Å². The van der Waals surface area contributed by atoms with E-state index >= 15 is 0 Å². The van der Waals surface area contributed by atoms with Crippen LogP contribution in [0.25, 0.3) is 11.0 Å². The minimum Gasteiger partial charge on any atom is -0.356 e. The van der Waals surface area contributed by atoms with E-state index in [-0.39, 0.29) is 36.5 Å². The molecule has 1 amide bonds. The van der Waals surface area contributed by atoms with Gasteiger partial charge in [-0.1, -0.05) is 0 Å². The molecule has 2 N–H and O–H groups in total. The van der Waals surface area contributed by atoms with Crippen LogP contribution in [-0.2, 0) is 18.3 Å². The number of halogens is 3. The van der Waals surface area contributed by atoms with Gasteiger partial charge in [0.15, 0.2) is 0 Å². The van der Waals surface area contributed by atoms with E-state index in [1.54, 1.807) is 6.07 Å². The first-order chi connectivity index (χ1) is 12.1. The van der Waals surface area contributed by atoms with Crippen molar-refractivity contribution in [3.63, 3.8) is 0 Å². The third kappa shape index (κ3) is 4.92. The summed E-state index contributed by atoms with van der Waals surface area (Å²) in [7, 11) is 1.89. The Balaban J connectivity index is 0.00000131. The van der Waals surface area contributed by atoms with Crippen LogP contribution in [0, 0.1) is 11.7 Å². The molecule has 8 heteroatoms. The molecule has 2 atom stereocenters. The van der Waals surface area contributed by atoms with Crippen LogP contribution in [0.4, 0.5) is 4.39 Å². The molecule has 150 valence electrons. The minimum absolute atomic E-state index is 0. The van der Waals surface area contributed by atoms with Crippen molar-refractivity contribution in [1.82, 2.24) is 20.2 Å². The van der Waals surface area contributed by atoms with Crippen LogP contribution < -0.4 is 10.6 Å². The largest absolute Gasteiger partial charge is 0.356 e. The summed E-state index contributed by atoms with van der Waals surface area (Å²) in [4.78, 5) is 16.8. The number of aromatic nitrogens is 2. The van der Waals surface area contributed by atoms with Crippen molar-refractivity contribution in [3.05, 3.63) is 29.8 Å². The summed E-state index contributed by atoms with van der Waals surface area (Å²) in [5, 5.41) is 6.64. The van der Waals surface area contributed by atoms with Crippen molar-refractivity contribution in [2.24, 2.45) is 13.0 Å². The average Bonchev–Trinajstić information content (AvgIpc) is 3.07. The summed E-state index contributed by atoms with van der Waals surface area (Å²) in [6.07, 6.45) is 6.05. The lowest BCUT2D eigenvalue weighted by Crippen LogP contribution is -2.39. The molecule has 2 fully saturated rings. The Labute approximate surface area is 171 Å². The molecule has 5 nitrogen and oxygen atoms in total. The molecule has 1 aromatic carbocycles. The molecule has 0 radical (unpaired) electrons. The molecule has 2 bridgehead atoms. The van der Waals surface area contributed by atoms with Crippen molar-refractivity contribution in [2.75, 3.05) is 6.54 Å². The van der Waals surface area contributed by atoms with E-state index in [0.29, 0.717) is 37.4 Å². The molecule has 2 saturated heterocycles. The number of amides is 1. The van der Waals surface area contributed by atoms with E-state index in [4.69, 9.17) is 0 Å². The number of benzene rings is 1. The van der Waals surface area contributed by atoms with Gasteiger partial charge in [-0.25, -0.2) is 9.37 Å². The second-order valence-corrected chi connectivity index (χ2v) is 7.50. The van der Waals surface area contributed by atoms with Crippen LogP contribution in [0.1, 0.15) is 37.9 Å². The normalized spacial score (nSPS) is 23.6. The van der Waals surface area contributed by atoms with Gasteiger partial charge in [-0.15, -0.1) is 24.8 Å². The fraction of sp³-hybridized carbons (Fsp3) is 0.579. The highest BCUT2D eigenvalue weighted by Crippen LogP contribution is 2.32. The third-order valence-corrected chi connectivity index (χ3v) is 5.65. The zero-order valence-electron chi connectivity index (χ0n) is 15.4. The van der Waals surface area contributed by atoms with Gasteiger partial charge in [0.25, 0.3) is 0 Å². The maximum Gasteiger partial charge on any atom is 0.220 e. The predicted molar refractivity (Wildman–Crippen MR) is 109 cm³/mol. The molecule has 4 rings (SSSR count). The highest BCUT2D eigenvalue weighted by molar-refractivity contribution is 5.85. The highest BCUT2D eigenvalue weighted by Gasteiger charge is 2.34. The predicted octanol–water partition coefficient (Wildman–Crippen LogP) is 3.14. The summed E-state index contributed by atoms with van der Waals surface area (Å²) in [5.41, 5.74) is 1.57. The number of nitrogens with zero attached hydrogens (tertiary/aromatic N) is 2. The standard InChI is InChI=1S/C19H25FN4O.2ClH/c1-24-17-11-13(20)2-5-16(17)23-18(24)6-7-21-19(25)10-12-8-14-3-4-15(9-12)22-14;;/h2,5,11-12,14-15,22H,3-4,6-10H2,1H3,(H,21,25);2*1H. The van der Waals surface area contributed by atoms with Crippen LogP contribution in [0.5, 0.6) is 0 Å². The zero-order chi connectivity index (χ0) is 17.4. The fourth-order valence-corrected chi connectivity index (χ4v) is 4.43. The Hall–Kier alpha value is -1.37. The van der Waals surface area contributed by atoms with Gasteiger partial charge in [0.1, 0.15) is 11.6 Å². The lowest BCUT2D eigenvalue weighted by Gasteiger charge is -2.28. The van der Waals surface area contributed by atoms with Crippen LogP contribution in [0.3, 0.4) is 0 Å². The van der Waals surface area contributed by atoms with Gasteiger partial charge in [0, 0.05) is 38.5 Å². The smallest absolute Gasteiger partial charge is 0.220 e. The van der Waals surface area contributed by atoms with Gasteiger partial charge in [-0.2, -0.15) is 0 Å². The number of piperidine rings is 1. The molecule has 3 heterocycles. The maximum absolute atomic E-state index is 13.4. The first kappa shape index (κ1) is 21.9. The van der Waals surface area contributed by atoms with E-state index < -0.39 is 0 Å². The highest BCUT2D eigenvalue weighted by atomic mass is 35.5. The number of aryl methyl sites for hydroxylation is 1. The summed E-state index contributed by atoms with van der Waals surface area (Å²) >= 11 is 0. The quantitative estimate of drug-likeness (QED) is 0.786. The molecular weight excluding hydrogens is 390 g/mol. The first-order valence-corrected chi connectivity index (χ1v) is 9.22. The van der Waals surface area contributed by atoms with E-state index in [0.717, 1.165) is 29.7 Å². The van der Waals surface area contributed by atoms with Gasteiger partial charge in [0.05, 0.1) is 11.0 Å². The number of hydrogen-bond acceptors (Lipinski definition) is 3. The van der Waals surface area contributed by atoms with Crippen molar-refractivity contribution in [3.8, 4) is 0 Å². The molecule has 2 aliphatic heterocycles. The molecule has 0 saturated carbocycles.